The summed E-state index contributed by atoms with van der Waals surface area (Å²) < 4.78 is 17.6. The molecule has 1 fully saturated rings. The molecule has 0 unspecified atom stereocenters. The predicted molar refractivity (Wildman–Crippen MR) is 146 cm³/mol. The van der Waals surface area contributed by atoms with Crippen LogP contribution in [0.1, 0.15) is 16.1 Å². The summed E-state index contributed by atoms with van der Waals surface area (Å²) in [5.74, 6) is 2.04. The largest absolute Gasteiger partial charge is 0.497 e. The summed E-state index contributed by atoms with van der Waals surface area (Å²) in [6, 6.07) is 21.2. The maximum absolute atomic E-state index is 13.8. The number of nitro benzene ring substituents is 1. The third-order valence-corrected chi connectivity index (χ3v) is 7.10. The first-order valence-corrected chi connectivity index (χ1v) is 12.9. The van der Waals surface area contributed by atoms with Crippen molar-refractivity contribution >= 4 is 11.6 Å². The number of nitro groups is 1. The summed E-state index contributed by atoms with van der Waals surface area (Å²) in [5.41, 5.74) is 3.22. The third-order valence-electron chi connectivity index (χ3n) is 7.10. The number of carbonyl (C=O) groups excluding carboxylic acids is 1. The molecule has 0 atom stereocenters. The molecule has 0 bridgehead atoms. The summed E-state index contributed by atoms with van der Waals surface area (Å²) in [5, 5.41) is 16.1. The molecule has 4 aromatic rings. The lowest BCUT2D eigenvalue weighted by molar-refractivity contribution is -0.384. The Kier molecular flexibility index (Phi) is 6.79. The Morgan fingerprint density at radius 3 is 2.50 bits per heavy atom. The number of nitrogens with zero attached hydrogens (tertiary/aromatic N) is 5. The Bertz CT molecular complexity index is 1560. The number of amides is 1. The molecule has 2 aliphatic rings. The smallest absolute Gasteiger partial charge is 0.272 e. The fourth-order valence-corrected chi connectivity index (χ4v) is 4.94. The molecule has 11 heteroatoms. The molecule has 1 saturated heterocycles. The number of non-ortho nitro benzene ring substituents is 1. The van der Waals surface area contributed by atoms with E-state index in [4.69, 9.17) is 19.3 Å². The molecular weight excluding hydrogens is 514 g/mol. The van der Waals surface area contributed by atoms with Crippen LogP contribution in [0.4, 0.5) is 5.69 Å². The lowest BCUT2D eigenvalue weighted by Crippen LogP contribution is -2.48. The summed E-state index contributed by atoms with van der Waals surface area (Å²) in [6.07, 6.45) is 0. The van der Waals surface area contributed by atoms with Crippen LogP contribution >= 0.6 is 0 Å². The van der Waals surface area contributed by atoms with E-state index in [1.807, 2.05) is 42.5 Å². The van der Waals surface area contributed by atoms with Crippen LogP contribution in [0, 0.1) is 10.1 Å². The molecule has 3 heterocycles. The molecule has 2 aliphatic heterocycles. The van der Waals surface area contributed by atoms with Crippen molar-refractivity contribution in [2.45, 2.75) is 6.54 Å². The SMILES string of the molecule is COc1ccc(-c2cc(C(=O)N3CCN(Cc4ccc5c(c4)OCO5)CC3)n(-c3cccc([N+](=O)[O-])c3)n2)cc1. The van der Waals surface area contributed by atoms with Gasteiger partial charge in [0.15, 0.2) is 11.5 Å². The number of benzene rings is 3. The van der Waals surface area contributed by atoms with Crippen molar-refractivity contribution < 1.29 is 23.9 Å². The van der Waals surface area contributed by atoms with Crippen LogP contribution in [0.5, 0.6) is 17.2 Å². The highest BCUT2D eigenvalue weighted by molar-refractivity contribution is 5.94. The van der Waals surface area contributed by atoms with E-state index in [9.17, 15) is 14.9 Å². The average Bonchev–Trinajstić information content (AvgIpc) is 3.65. The van der Waals surface area contributed by atoms with Gasteiger partial charge >= 0.3 is 0 Å². The Morgan fingerprint density at radius 2 is 1.75 bits per heavy atom. The van der Waals surface area contributed by atoms with Gasteiger partial charge in [0, 0.05) is 50.4 Å². The van der Waals surface area contributed by atoms with Gasteiger partial charge in [0.25, 0.3) is 11.6 Å². The van der Waals surface area contributed by atoms with Gasteiger partial charge in [-0.25, -0.2) is 4.68 Å². The van der Waals surface area contributed by atoms with Gasteiger partial charge in [-0.1, -0.05) is 12.1 Å². The van der Waals surface area contributed by atoms with Crippen LogP contribution in [0.15, 0.2) is 72.8 Å². The fraction of sp³-hybridized carbons (Fsp3) is 0.241. The number of methoxy groups -OCH3 is 1. The van der Waals surface area contributed by atoms with E-state index in [0.717, 1.165) is 29.2 Å². The molecule has 204 valence electrons. The van der Waals surface area contributed by atoms with Crippen LogP contribution in [0.3, 0.4) is 0 Å². The van der Waals surface area contributed by atoms with Crippen molar-refractivity contribution in [1.29, 1.82) is 0 Å². The van der Waals surface area contributed by atoms with Gasteiger partial charge < -0.3 is 19.1 Å². The van der Waals surface area contributed by atoms with Crippen LogP contribution < -0.4 is 14.2 Å². The molecule has 0 spiro atoms. The topological polar surface area (TPSA) is 112 Å². The number of piperazine rings is 1. The summed E-state index contributed by atoms with van der Waals surface area (Å²) in [6.45, 7) is 3.48. The maximum Gasteiger partial charge on any atom is 0.272 e. The first-order valence-electron chi connectivity index (χ1n) is 12.9. The lowest BCUT2D eigenvalue weighted by Gasteiger charge is -2.34. The fourth-order valence-electron chi connectivity index (χ4n) is 4.94. The number of rotatable bonds is 7. The normalized spacial score (nSPS) is 14.8. The molecular formula is C29H27N5O6. The Balaban J connectivity index is 1.23. The van der Waals surface area contributed by atoms with E-state index < -0.39 is 4.92 Å². The van der Waals surface area contributed by atoms with Gasteiger partial charge in [-0.3, -0.25) is 19.8 Å². The first-order chi connectivity index (χ1) is 19.5. The Labute approximate surface area is 230 Å². The zero-order valence-corrected chi connectivity index (χ0v) is 21.9. The molecule has 6 rings (SSSR count). The number of hydrogen-bond donors (Lipinski definition) is 0. The van der Waals surface area contributed by atoms with Gasteiger partial charge in [0.2, 0.25) is 6.79 Å². The molecule has 0 radical (unpaired) electrons. The highest BCUT2D eigenvalue weighted by Gasteiger charge is 2.27. The van der Waals surface area contributed by atoms with E-state index in [0.29, 0.717) is 49.0 Å². The van der Waals surface area contributed by atoms with Crippen LogP contribution in [-0.2, 0) is 6.54 Å². The maximum atomic E-state index is 13.8. The molecule has 0 aliphatic carbocycles. The van der Waals surface area contributed by atoms with E-state index >= 15 is 0 Å². The summed E-state index contributed by atoms with van der Waals surface area (Å²) >= 11 is 0. The Morgan fingerprint density at radius 1 is 0.975 bits per heavy atom. The number of fused-ring (bicyclic) bond motifs is 1. The van der Waals surface area contributed by atoms with Gasteiger partial charge in [0.05, 0.1) is 23.4 Å². The molecule has 3 aromatic carbocycles. The van der Waals surface area contributed by atoms with Crippen molar-refractivity contribution in [3.8, 4) is 34.2 Å². The quantitative estimate of drug-likeness (QED) is 0.254. The molecule has 0 saturated carbocycles. The average molecular weight is 542 g/mol. The zero-order chi connectivity index (χ0) is 27.6. The molecule has 1 amide bonds. The summed E-state index contributed by atoms with van der Waals surface area (Å²) in [7, 11) is 1.59. The third kappa shape index (κ3) is 5.06. The second kappa shape index (κ2) is 10.7. The van der Waals surface area contributed by atoms with Crippen LogP contribution in [0.25, 0.3) is 16.9 Å². The molecule has 1 aromatic heterocycles. The van der Waals surface area contributed by atoms with E-state index in [1.54, 1.807) is 30.2 Å². The van der Waals surface area contributed by atoms with E-state index in [1.165, 1.54) is 16.8 Å². The second-order valence-electron chi connectivity index (χ2n) is 9.59. The van der Waals surface area contributed by atoms with E-state index in [2.05, 4.69) is 4.90 Å². The lowest BCUT2D eigenvalue weighted by atomic mass is 10.1. The van der Waals surface area contributed by atoms with Gasteiger partial charge in [0.1, 0.15) is 11.4 Å². The molecule has 40 heavy (non-hydrogen) atoms. The van der Waals surface area contributed by atoms with Crippen molar-refractivity contribution in [2.75, 3.05) is 40.1 Å². The van der Waals surface area contributed by atoms with Crippen LogP contribution in [-0.4, -0.2) is 70.5 Å². The van der Waals surface area contributed by atoms with Gasteiger partial charge in [-0.15, -0.1) is 0 Å². The standard InChI is InChI=1S/C29H27N5O6/c1-38-24-8-6-21(7-9-24)25-17-26(33(30-25)22-3-2-4-23(16-22)34(36)37)29(35)32-13-11-31(12-14-32)18-20-5-10-27-28(15-20)40-19-39-27/h2-10,15-17H,11-14,18-19H2,1H3. The Hall–Kier alpha value is -4.90. The highest BCUT2D eigenvalue weighted by Crippen LogP contribution is 2.33. The van der Waals surface area contributed by atoms with E-state index in [-0.39, 0.29) is 18.4 Å². The van der Waals surface area contributed by atoms with Crippen molar-refractivity contribution in [3.63, 3.8) is 0 Å². The minimum Gasteiger partial charge on any atom is -0.497 e. The number of hydrogen-bond acceptors (Lipinski definition) is 8. The number of aromatic nitrogens is 2. The van der Waals surface area contributed by atoms with Crippen molar-refractivity contribution in [2.24, 2.45) is 0 Å². The van der Waals surface area contributed by atoms with Gasteiger partial charge in [-0.05, 0) is 54.1 Å². The minimum absolute atomic E-state index is 0.0745. The van der Waals surface area contributed by atoms with Crippen LogP contribution in [0.2, 0.25) is 0 Å². The molecule has 11 nitrogen and oxygen atoms in total. The first kappa shape index (κ1) is 25.4. The zero-order valence-electron chi connectivity index (χ0n) is 21.9. The monoisotopic (exact) mass is 541 g/mol. The molecule has 0 N–H and O–H groups in total. The predicted octanol–water partition coefficient (Wildman–Crippen LogP) is 4.14. The second-order valence-corrected chi connectivity index (χ2v) is 9.59. The number of ether oxygens (including phenoxy) is 3. The highest BCUT2D eigenvalue weighted by atomic mass is 16.7. The number of carbonyl (C=O) groups is 1. The van der Waals surface area contributed by atoms with Crippen molar-refractivity contribution in [1.82, 2.24) is 19.6 Å². The minimum atomic E-state index is -0.460. The van der Waals surface area contributed by atoms with Gasteiger partial charge in [-0.2, -0.15) is 5.10 Å². The van der Waals surface area contributed by atoms with Crippen molar-refractivity contribution in [3.05, 3.63) is 94.2 Å². The summed E-state index contributed by atoms with van der Waals surface area (Å²) in [4.78, 5) is 28.9.